The van der Waals surface area contributed by atoms with E-state index in [2.05, 4.69) is 154 Å². The molecule has 0 spiro atoms. The molecule has 0 saturated carbocycles. The summed E-state index contributed by atoms with van der Waals surface area (Å²) in [5, 5.41) is 6.89. The van der Waals surface area contributed by atoms with Gasteiger partial charge in [0.15, 0.2) is 0 Å². The van der Waals surface area contributed by atoms with Crippen molar-refractivity contribution in [3.8, 4) is 0 Å². The Kier molecular flexibility index (Phi) is 6.86. The lowest BCUT2D eigenvalue weighted by Gasteiger charge is -2.33. The van der Waals surface area contributed by atoms with Gasteiger partial charge in [-0.2, -0.15) is 4.67 Å². The molecule has 42 heavy (non-hydrogen) atoms. The Morgan fingerprint density at radius 2 is 0.905 bits per heavy atom. The van der Waals surface area contributed by atoms with Gasteiger partial charge in [0, 0.05) is 22.9 Å². The maximum absolute atomic E-state index is 7.09. The molecule has 2 atom stereocenters. The Hall–Kier alpha value is -4.30. The molecule has 7 aromatic rings. The Bertz CT molecular complexity index is 1980. The van der Waals surface area contributed by atoms with Crippen LogP contribution in [0.25, 0.3) is 43.5 Å². The van der Waals surface area contributed by atoms with E-state index in [1.165, 1.54) is 43.8 Å². The summed E-state index contributed by atoms with van der Waals surface area (Å²) < 4.78 is 16.6. The van der Waals surface area contributed by atoms with Crippen LogP contribution in [-0.2, 0) is 0 Å². The summed E-state index contributed by atoms with van der Waals surface area (Å²) in [6.45, 7) is 8.93. The highest BCUT2D eigenvalue weighted by atomic mass is 31.1. The third-order valence-electron chi connectivity index (χ3n) is 8.64. The molecule has 7 rings (SSSR count). The molecule has 1 aromatic heterocycles. The van der Waals surface area contributed by atoms with Crippen molar-refractivity contribution in [3.05, 3.63) is 144 Å². The molecule has 1 heterocycles. The molecule has 0 fully saturated rings. The fraction of sp³-hybridized carbons (Fsp3) is 0.158. The predicted molar refractivity (Wildman–Crippen MR) is 179 cm³/mol. The van der Waals surface area contributed by atoms with Crippen molar-refractivity contribution in [3.63, 3.8) is 0 Å². The number of aryl methyl sites for hydroxylation is 2. The maximum Gasteiger partial charge on any atom is 0.310 e. The Morgan fingerprint density at radius 3 is 1.36 bits per heavy atom. The van der Waals surface area contributed by atoms with E-state index in [-0.39, 0.29) is 12.1 Å². The Balaban J connectivity index is 1.60. The van der Waals surface area contributed by atoms with E-state index in [9.17, 15) is 0 Å². The minimum Gasteiger partial charge on any atom is -0.408 e. The SMILES string of the molecule is Cc1ccccc1C(C)N(C(C)c1ccccc1C)p1oc2ccc3ccccc3c2c2c(ccc3ccccc32)o1. The zero-order chi connectivity index (χ0) is 28.8. The van der Waals surface area contributed by atoms with Crippen LogP contribution in [0.2, 0.25) is 0 Å². The van der Waals surface area contributed by atoms with E-state index in [1.807, 2.05) is 0 Å². The lowest BCUT2D eigenvalue weighted by atomic mass is 9.98. The van der Waals surface area contributed by atoms with E-state index in [1.54, 1.807) is 0 Å². The summed E-state index contributed by atoms with van der Waals surface area (Å²) in [5.41, 5.74) is 6.77. The first kappa shape index (κ1) is 26.6. The molecule has 2 unspecified atom stereocenters. The number of fused-ring (bicyclic) bond motifs is 7. The molecule has 0 aliphatic carbocycles. The zero-order valence-corrected chi connectivity index (χ0v) is 25.3. The molecule has 4 heteroatoms. The number of benzene rings is 6. The van der Waals surface area contributed by atoms with Gasteiger partial charge < -0.3 is 8.39 Å². The van der Waals surface area contributed by atoms with Crippen LogP contribution in [0, 0.1) is 13.8 Å². The smallest absolute Gasteiger partial charge is 0.310 e. The summed E-state index contributed by atoms with van der Waals surface area (Å²) in [6, 6.07) is 43.1. The van der Waals surface area contributed by atoms with Gasteiger partial charge in [0.25, 0.3) is 0 Å². The van der Waals surface area contributed by atoms with Crippen molar-refractivity contribution < 1.29 is 8.39 Å². The van der Waals surface area contributed by atoms with Crippen LogP contribution in [-0.4, -0.2) is 0 Å². The van der Waals surface area contributed by atoms with Crippen molar-refractivity contribution in [1.29, 1.82) is 0 Å². The number of rotatable bonds is 5. The van der Waals surface area contributed by atoms with E-state index in [0.29, 0.717) is 0 Å². The van der Waals surface area contributed by atoms with Crippen LogP contribution >= 0.6 is 8.16 Å². The van der Waals surface area contributed by atoms with E-state index < -0.39 is 8.16 Å². The van der Waals surface area contributed by atoms with Gasteiger partial charge >= 0.3 is 8.16 Å². The van der Waals surface area contributed by atoms with Gasteiger partial charge in [-0.1, -0.05) is 109 Å². The highest BCUT2D eigenvalue weighted by Gasteiger charge is 2.30. The molecule has 208 valence electrons. The van der Waals surface area contributed by atoms with Crippen LogP contribution in [0.4, 0.5) is 0 Å². The van der Waals surface area contributed by atoms with Crippen LogP contribution in [0.3, 0.4) is 0 Å². The molecule has 0 radical (unpaired) electrons. The third-order valence-corrected chi connectivity index (χ3v) is 10.4. The number of nitrogens with zero attached hydrogens (tertiary/aromatic N) is 1. The van der Waals surface area contributed by atoms with Crippen molar-refractivity contribution in [1.82, 2.24) is 0 Å². The second-order valence-electron chi connectivity index (χ2n) is 11.2. The molecule has 0 bridgehead atoms. The highest BCUT2D eigenvalue weighted by molar-refractivity contribution is 7.39. The van der Waals surface area contributed by atoms with Gasteiger partial charge in [-0.25, -0.2) is 0 Å². The van der Waals surface area contributed by atoms with Crippen molar-refractivity contribution in [2.24, 2.45) is 0 Å². The molecular weight excluding hydrogens is 533 g/mol. The minimum atomic E-state index is -1.56. The summed E-state index contributed by atoms with van der Waals surface area (Å²) >= 11 is 0. The van der Waals surface area contributed by atoms with Crippen molar-refractivity contribution in [2.45, 2.75) is 39.8 Å². The fourth-order valence-electron chi connectivity index (χ4n) is 6.47. The van der Waals surface area contributed by atoms with Crippen molar-refractivity contribution in [2.75, 3.05) is 4.67 Å². The molecule has 0 saturated heterocycles. The molecule has 0 aliphatic rings. The first-order valence-corrected chi connectivity index (χ1v) is 15.7. The maximum atomic E-state index is 7.09. The standard InChI is InChI=1S/C38H34NO2P/c1-25-13-5-9-17-31(25)27(3)39(28(4)32-18-10-6-14-26(32)2)42-40-35-23-21-29-15-7-11-19-33(29)37(35)38-34-20-12-8-16-30(34)22-24-36(38)41-42/h5-24,27-28H,1-4H3. The minimum absolute atomic E-state index is 0.0397. The first-order valence-electron chi connectivity index (χ1n) is 14.6. The average molecular weight is 568 g/mol. The number of hydrogen-bond acceptors (Lipinski definition) is 3. The van der Waals surface area contributed by atoms with Crippen LogP contribution in [0.1, 0.15) is 48.2 Å². The van der Waals surface area contributed by atoms with E-state index >= 15 is 0 Å². The Morgan fingerprint density at radius 1 is 0.500 bits per heavy atom. The van der Waals surface area contributed by atoms with E-state index in [0.717, 1.165) is 21.9 Å². The normalized spacial score (nSPS) is 13.3. The third kappa shape index (κ3) is 4.50. The van der Waals surface area contributed by atoms with Crippen LogP contribution in [0.15, 0.2) is 130 Å². The van der Waals surface area contributed by atoms with Gasteiger partial charge in [-0.3, -0.25) is 0 Å². The summed E-state index contributed by atoms with van der Waals surface area (Å²) in [5.74, 6) is 0. The molecular formula is C38H34NO2P. The van der Waals surface area contributed by atoms with E-state index in [4.69, 9.17) is 8.39 Å². The largest absolute Gasteiger partial charge is 0.408 e. The second-order valence-corrected chi connectivity index (χ2v) is 12.5. The van der Waals surface area contributed by atoms with Crippen LogP contribution in [0.5, 0.6) is 0 Å². The molecule has 0 N–H and O–H groups in total. The van der Waals surface area contributed by atoms with Gasteiger partial charge in [-0.15, -0.1) is 0 Å². The second kappa shape index (κ2) is 10.8. The summed E-state index contributed by atoms with van der Waals surface area (Å²) in [7, 11) is -1.56. The topological polar surface area (TPSA) is 29.5 Å². The molecule has 0 aliphatic heterocycles. The lowest BCUT2D eigenvalue weighted by molar-refractivity contribution is 0.556. The first-order chi connectivity index (χ1) is 20.5. The van der Waals surface area contributed by atoms with Gasteiger partial charge in [-0.05, 0) is 83.6 Å². The highest BCUT2D eigenvalue weighted by Crippen LogP contribution is 2.48. The molecule has 6 aromatic carbocycles. The molecule has 0 amide bonds. The van der Waals surface area contributed by atoms with Crippen molar-refractivity contribution >= 4 is 51.6 Å². The van der Waals surface area contributed by atoms with Gasteiger partial charge in [0.1, 0.15) is 11.2 Å². The Labute approximate surface area is 247 Å². The zero-order valence-electron chi connectivity index (χ0n) is 24.4. The fourth-order valence-corrected chi connectivity index (χ4v) is 8.15. The van der Waals surface area contributed by atoms with Gasteiger partial charge in [0.05, 0.1) is 0 Å². The summed E-state index contributed by atoms with van der Waals surface area (Å²) in [4.78, 5) is 0. The quantitative estimate of drug-likeness (QED) is 0.207. The number of hydrogen-bond donors (Lipinski definition) is 0. The van der Waals surface area contributed by atoms with Crippen LogP contribution < -0.4 is 4.67 Å². The summed E-state index contributed by atoms with van der Waals surface area (Å²) in [6.07, 6.45) is 0. The average Bonchev–Trinajstić information content (AvgIpc) is 3.18. The molecule has 3 nitrogen and oxygen atoms in total. The monoisotopic (exact) mass is 567 g/mol. The lowest BCUT2D eigenvalue weighted by Crippen LogP contribution is -2.28. The van der Waals surface area contributed by atoms with Gasteiger partial charge in [0.2, 0.25) is 0 Å². The predicted octanol–water partition coefficient (Wildman–Crippen LogP) is 11.7.